The van der Waals surface area contributed by atoms with Crippen molar-refractivity contribution in [1.29, 1.82) is 0 Å². The minimum absolute atomic E-state index is 0.115. The molecule has 1 aliphatic rings. The van der Waals surface area contributed by atoms with Crippen molar-refractivity contribution in [2.75, 3.05) is 4.90 Å². The van der Waals surface area contributed by atoms with E-state index in [2.05, 4.69) is 0 Å². The van der Waals surface area contributed by atoms with Gasteiger partial charge in [-0.2, -0.15) is 0 Å². The van der Waals surface area contributed by atoms with Gasteiger partial charge in [0, 0.05) is 5.02 Å². The van der Waals surface area contributed by atoms with Gasteiger partial charge in [0.15, 0.2) is 0 Å². The summed E-state index contributed by atoms with van der Waals surface area (Å²) < 4.78 is 13.4. The van der Waals surface area contributed by atoms with Gasteiger partial charge in [-0.25, -0.2) is 4.39 Å². The molecule has 1 heterocycles. The number of halogens is 2. The highest BCUT2D eigenvalue weighted by atomic mass is 35.5. The lowest BCUT2D eigenvalue weighted by Gasteiger charge is -2.19. The molecule has 0 aliphatic carbocycles. The zero-order valence-electron chi connectivity index (χ0n) is 11.2. The Bertz CT molecular complexity index is 773. The highest BCUT2D eigenvalue weighted by Crippen LogP contribution is 2.35. The van der Waals surface area contributed by atoms with Gasteiger partial charge >= 0.3 is 0 Å². The number of anilines is 1. The van der Waals surface area contributed by atoms with Crippen molar-refractivity contribution in [3.63, 3.8) is 0 Å². The molecule has 106 valence electrons. The number of carbonyl (C=O) groups is 2. The highest BCUT2D eigenvalue weighted by Gasteiger charge is 2.37. The predicted molar refractivity (Wildman–Crippen MR) is 78.1 cm³/mol. The van der Waals surface area contributed by atoms with E-state index in [0.717, 1.165) is 11.6 Å². The predicted octanol–water partition coefficient (Wildman–Crippen LogP) is 3.52. The molecular formula is C16H11ClFNO2. The van der Waals surface area contributed by atoms with Crippen molar-refractivity contribution < 1.29 is 14.0 Å². The van der Waals surface area contributed by atoms with Crippen LogP contribution in [0.3, 0.4) is 0 Å². The standard InChI is InChI=1S/C16H11ClFNO2/c1-9-6-11(18)7-12-14(9)19(16(21)15(12)20)8-10-4-2-3-5-13(10)17/h2-7H,8H2,1H3. The Morgan fingerprint density at radius 1 is 1.19 bits per heavy atom. The van der Waals surface area contributed by atoms with Crippen LogP contribution >= 0.6 is 11.6 Å². The van der Waals surface area contributed by atoms with Gasteiger partial charge < -0.3 is 4.90 Å². The van der Waals surface area contributed by atoms with Gasteiger partial charge in [-0.1, -0.05) is 29.8 Å². The fourth-order valence-electron chi connectivity index (χ4n) is 2.55. The number of amides is 1. The highest BCUT2D eigenvalue weighted by molar-refractivity contribution is 6.52. The van der Waals surface area contributed by atoms with Crippen LogP contribution in [-0.4, -0.2) is 11.7 Å². The first-order chi connectivity index (χ1) is 9.99. The Balaban J connectivity index is 2.08. The molecule has 0 radical (unpaired) electrons. The number of aryl methyl sites for hydroxylation is 1. The number of nitrogens with zero attached hydrogens (tertiary/aromatic N) is 1. The Kier molecular flexibility index (Phi) is 3.26. The molecule has 0 fully saturated rings. The average Bonchev–Trinajstić information content (AvgIpc) is 2.67. The van der Waals surface area contributed by atoms with Gasteiger partial charge in [-0.05, 0) is 36.2 Å². The van der Waals surface area contributed by atoms with E-state index in [1.165, 1.54) is 11.0 Å². The van der Waals surface area contributed by atoms with Crippen LogP contribution in [0.25, 0.3) is 0 Å². The lowest BCUT2D eigenvalue weighted by atomic mass is 10.1. The molecule has 0 atom stereocenters. The van der Waals surface area contributed by atoms with E-state index in [4.69, 9.17) is 11.6 Å². The molecule has 0 bridgehead atoms. The van der Waals surface area contributed by atoms with Gasteiger partial charge in [0.05, 0.1) is 17.8 Å². The third-order valence-corrected chi connectivity index (χ3v) is 3.87. The molecule has 0 saturated heterocycles. The smallest absolute Gasteiger partial charge is 0.299 e. The van der Waals surface area contributed by atoms with E-state index in [0.29, 0.717) is 16.3 Å². The second-order valence-electron chi connectivity index (χ2n) is 4.93. The van der Waals surface area contributed by atoms with Gasteiger partial charge in [0.2, 0.25) is 0 Å². The number of ketones is 1. The number of hydrogen-bond acceptors (Lipinski definition) is 2. The van der Waals surface area contributed by atoms with Crippen molar-refractivity contribution in [3.8, 4) is 0 Å². The number of Topliss-reactive ketones (excluding diaryl/α,β-unsaturated/α-hetero) is 1. The van der Waals surface area contributed by atoms with Gasteiger partial charge in [0.25, 0.3) is 11.7 Å². The molecular weight excluding hydrogens is 293 g/mol. The normalized spacial score (nSPS) is 13.8. The van der Waals surface area contributed by atoms with Crippen molar-refractivity contribution in [1.82, 2.24) is 0 Å². The molecule has 0 saturated carbocycles. The third kappa shape index (κ3) is 2.21. The summed E-state index contributed by atoms with van der Waals surface area (Å²) in [6, 6.07) is 9.52. The van der Waals surface area contributed by atoms with Crippen LogP contribution in [0.15, 0.2) is 36.4 Å². The largest absolute Gasteiger partial charge is 0.300 e. The summed E-state index contributed by atoms with van der Waals surface area (Å²) in [6.07, 6.45) is 0. The average molecular weight is 304 g/mol. The molecule has 2 aromatic rings. The van der Waals surface area contributed by atoms with Crippen LogP contribution < -0.4 is 4.90 Å². The molecule has 2 aromatic carbocycles. The number of rotatable bonds is 2. The van der Waals surface area contributed by atoms with Crippen LogP contribution in [0.4, 0.5) is 10.1 Å². The third-order valence-electron chi connectivity index (χ3n) is 3.51. The molecule has 0 unspecified atom stereocenters. The molecule has 1 amide bonds. The van der Waals surface area contributed by atoms with Crippen molar-refractivity contribution >= 4 is 29.0 Å². The first-order valence-corrected chi connectivity index (χ1v) is 6.76. The fraction of sp³-hybridized carbons (Fsp3) is 0.125. The second kappa shape index (κ2) is 4.97. The maximum Gasteiger partial charge on any atom is 0.299 e. The quantitative estimate of drug-likeness (QED) is 0.796. The monoisotopic (exact) mass is 303 g/mol. The molecule has 0 N–H and O–H groups in total. The van der Waals surface area contributed by atoms with Gasteiger partial charge in [-0.15, -0.1) is 0 Å². The maximum absolute atomic E-state index is 13.4. The first kappa shape index (κ1) is 13.8. The van der Waals surface area contributed by atoms with E-state index >= 15 is 0 Å². The van der Waals surface area contributed by atoms with Crippen LogP contribution in [0, 0.1) is 12.7 Å². The van der Waals surface area contributed by atoms with Crippen LogP contribution in [0.1, 0.15) is 21.5 Å². The lowest BCUT2D eigenvalue weighted by molar-refractivity contribution is -0.114. The number of carbonyl (C=O) groups excluding carboxylic acids is 2. The molecule has 0 aromatic heterocycles. The number of fused-ring (bicyclic) bond motifs is 1. The SMILES string of the molecule is Cc1cc(F)cc2c1N(Cc1ccccc1Cl)C(=O)C2=O. The van der Waals surface area contributed by atoms with Crippen LogP contribution in [-0.2, 0) is 11.3 Å². The van der Waals surface area contributed by atoms with Gasteiger partial charge in [-0.3, -0.25) is 9.59 Å². The molecule has 1 aliphatic heterocycles. The van der Waals surface area contributed by atoms with Crippen molar-refractivity contribution in [3.05, 3.63) is 63.9 Å². The molecule has 3 nitrogen and oxygen atoms in total. The van der Waals surface area contributed by atoms with Crippen LogP contribution in [0.2, 0.25) is 5.02 Å². The zero-order valence-corrected chi connectivity index (χ0v) is 11.9. The van der Waals surface area contributed by atoms with E-state index in [-0.39, 0.29) is 12.1 Å². The fourth-order valence-corrected chi connectivity index (χ4v) is 2.75. The Morgan fingerprint density at radius 3 is 2.62 bits per heavy atom. The summed E-state index contributed by atoms with van der Waals surface area (Å²) in [6.45, 7) is 1.86. The van der Waals surface area contributed by atoms with Crippen LogP contribution in [0.5, 0.6) is 0 Å². The Labute approximate surface area is 125 Å². The Morgan fingerprint density at radius 2 is 1.90 bits per heavy atom. The molecule has 3 rings (SSSR count). The minimum atomic E-state index is -0.681. The van der Waals surface area contributed by atoms with E-state index in [1.54, 1.807) is 25.1 Å². The molecule has 21 heavy (non-hydrogen) atoms. The summed E-state index contributed by atoms with van der Waals surface area (Å²) in [5.41, 5.74) is 1.86. The van der Waals surface area contributed by atoms with Crippen molar-refractivity contribution in [2.45, 2.75) is 13.5 Å². The second-order valence-corrected chi connectivity index (χ2v) is 5.34. The topological polar surface area (TPSA) is 37.4 Å². The van der Waals surface area contributed by atoms with Crippen molar-refractivity contribution in [2.24, 2.45) is 0 Å². The maximum atomic E-state index is 13.4. The summed E-state index contributed by atoms with van der Waals surface area (Å²) in [5.74, 6) is -1.86. The summed E-state index contributed by atoms with van der Waals surface area (Å²) in [4.78, 5) is 25.5. The zero-order chi connectivity index (χ0) is 15.1. The lowest BCUT2D eigenvalue weighted by Crippen LogP contribution is -2.29. The molecule has 5 heteroatoms. The van der Waals surface area contributed by atoms with E-state index in [9.17, 15) is 14.0 Å². The minimum Gasteiger partial charge on any atom is -0.300 e. The van der Waals surface area contributed by atoms with E-state index < -0.39 is 17.5 Å². The summed E-state index contributed by atoms with van der Waals surface area (Å²) in [5, 5.41) is 0.519. The summed E-state index contributed by atoms with van der Waals surface area (Å²) in [7, 11) is 0. The Hall–Kier alpha value is -2.20. The molecule has 0 spiro atoms. The number of benzene rings is 2. The number of hydrogen-bond donors (Lipinski definition) is 0. The summed E-state index contributed by atoms with van der Waals surface area (Å²) >= 11 is 6.10. The van der Waals surface area contributed by atoms with Gasteiger partial charge in [0.1, 0.15) is 5.82 Å². The van der Waals surface area contributed by atoms with E-state index in [1.807, 2.05) is 6.07 Å². The first-order valence-electron chi connectivity index (χ1n) is 6.39.